The molecule has 1 aromatic rings. The van der Waals surface area contributed by atoms with E-state index < -0.39 is 0 Å². The maximum absolute atomic E-state index is 12.9. The smallest absolute Gasteiger partial charge is 0.250 e. The number of primary amides is 1. The van der Waals surface area contributed by atoms with Crippen LogP contribution in [0.25, 0.3) is 0 Å². The highest BCUT2D eigenvalue weighted by Crippen LogP contribution is 2.66. The molecule has 31 heavy (non-hydrogen) atoms. The molecule has 3 saturated carbocycles. The Labute approximate surface area is 185 Å². The van der Waals surface area contributed by atoms with E-state index in [9.17, 15) is 9.59 Å². The van der Waals surface area contributed by atoms with Crippen molar-refractivity contribution in [1.82, 2.24) is 4.98 Å². The summed E-state index contributed by atoms with van der Waals surface area (Å²) in [6.07, 6.45) is 14.4. The van der Waals surface area contributed by atoms with Crippen LogP contribution in [-0.4, -0.2) is 22.8 Å². The number of aromatic nitrogens is 1. The molecule has 5 nitrogen and oxygen atoms in total. The molecule has 1 aliphatic heterocycles. The zero-order valence-corrected chi connectivity index (χ0v) is 19.0. The lowest BCUT2D eigenvalue weighted by molar-refractivity contribution is -0.126. The van der Waals surface area contributed by atoms with Gasteiger partial charge in [0.05, 0.1) is 0 Å². The van der Waals surface area contributed by atoms with E-state index in [1.165, 1.54) is 6.42 Å². The van der Waals surface area contributed by atoms with Crippen molar-refractivity contribution in [2.45, 2.75) is 65.3 Å². The number of hydrogen-bond acceptors (Lipinski definition) is 3. The molecule has 0 aromatic carbocycles. The molecule has 1 unspecified atom stereocenters. The van der Waals surface area contributed by atoms with E-state index in [0.29, 0.717) is 23.7 Å². The molecular weight excluding hydrogens is 386 g/mol. The number of fused-ring (bicyclic) bond motifs is 5. The molecule has 2 heterocycles. The Kier molecular flexibility index (Phi) is 4.80. The zero-order chi connectivity index (χ0) is 22.0. The van der Waals surface area contributed by atoms with E-state index in [-0.39, 0.29) is 34.6 Å². The highest BCUT2D eigenvalue weighted by Gasteiger charge is 2.61. The van der Waals surface area contributed by atoms with Crippen LogP contribution in [-0.2, 0) is 9.59 Å². The Morgan fingerprint density at radius 1 is 1.13 bits per heavy atom. The Bertz CT molecular complexity index is 914. The van der Waals surface area contributed by atoms with E-state index in [4.69, 9.17) is 5.73 Å². The fourth-order valence-electron chi connectivity index (χ4n) is 8.37. The van der Waals surface area contributed by atoms with Crippen molar-refractivity contribution in [2.24, 2.45) is 46.2 Å². The number of anilines is 1. The average molecular weight is 422 g/mol. The van der Waals surface area contributed by atoms with E-state index >= 15 is 0 Å². The second-order valence-electron chi connectivity index (χ2n) is 11.0. The minimum absolute atomic E-state index is 0.0190. The van der Waals surface area contributed by atoms with E-state index in [2.05, 4.69) is 24.9 Å². The molecule has 0 saturated heterocycles. The largest absolute Gasteiger partial charge is 0.369 e. The molecule has 3 fully saturated rings. The topological polar surface area (TPSA) is 76.3 Å². The van der Waals surface area contributed by atoms with Gasteiger partial charge in [-0.2, -0.15) is 0 Å². The lowest BCUT2D eigenvalue weighted by Gasteiger charge is -2.60. The summed E-state index contributed by atoms with van der Waals surface area (Å²) in [4.78, 5) is 31.1. The SMILES string of the molecule is CC(C(N)=O)[C@H]1CC[C@H]2[C@@H]3CC[C@H]4N(c5ccncc5)C(=O)C=C[C@]4(C)[C@H]3CC[C@]12C. The first kappa shape index (κ1) is 20.7. The van der Waals surface area contributed by atoms with E-state index in [1.54, 1.807) is 18.5 Å². The molecule has 0 radical (unpaired) electrons. The van der Waals surface area contributed by atoms with Crippen LogP contribution < -0.4 is 10.6 Å². The summed E-state index contributed by atoms with van der Waals surface area (Å²) >= 11 is 0. The lowest BCUT2D eigenvalue weighted by atomic mass is 9.47. The standard InChI is InChI=1S/C26H35N3O2/c1-16(24(27)31)19-5-6-20-18-4-7-22-26(3,21(18)8-12-25(19,20)2)13-9-23(30)29(22)17-10-14-28-15-11-17/h9-11,13-16,18-22H,4-8,12H2,1-3H3,(H2,27,31)/t16?,18-,19+,20-,21-,22+,25+,26+/m0/s1. The molecule has 8 atom stereocenters. The summed E-state index contributed by atoms with van der Waals surface area (Å²) in [7, 11) is 0. The first-order valence-electron chi connectivity index (χ1n) is 12.0. The fraction of sp³-hybridized carbons (Fsp3) is 0.654. The minimum atomic E-state index is -0.147. The number of nitrogens with zero attached hydrogens (tertiary/aromatic N) is 2. The van der Waals surface area contributed by atoms with Gasteiger partial charge in [-0.25, -0.2) is 0 Å². The van der Waals surface area contributed by atoms with E-state index in [1.807, 2.05) is 24.0 Å². The number of hydrogen-bond donors (Lipinski definition) is 1. The van der Waals surface area contributed by atoms with Crippen molar-refractivity contribution in [3.63, 3.8) is 0 Å². The van der Waals surface area contributed by atoms with Crippen LogP contribution in [0.15, 0.2) is 36.7 Å². The molecule has 166 valence electrons. The highest BCUT2D eigenvalue weighted by atomic mass is 16.2. The Hall–Kier alpha value is -2.17. The van der Waals surface area contributed by atoms with Gasteiger partial charge in [-0.05, 0) is 79.7 Å². The van der Waals surface area contributed by atoms with Gasteiger partial charge in [0.2, 0.25) is 5.91 Å². The van der Waals surface area contributed by atoms with Gasteiger partial charge in [0.1, 0.15) is 0 Å². The van der Waals surface area contributed by atoms with Gasteiger partial charge < -0.3 is 10.6 Å². The van der Waals surface area contributed by atoms with Gasteiger partial charge >= 0.3 is 0 Å². The van der Waals surface area contributed by atoms with Crippen molar-refractivity contribution in [3.8, 4) is 0 Å². The molecule has 0 spiro atoms. The molecular formula is C26H35N3O2. The van der Waals surface area contributed by atoms with Crippen LogP contribution >= 0.6 is 0 Å². The maximum atomic E-state index is 12.9. The minimum Gasteiger partial charge on any atom is -0.369 e. The van der Waals surface area contributed by atoms with Gasteiger partial charge in [0.25, 0.3) is 5.91 Å². The summed E-state index contributed by atoms with van der Waals surface area (Å²) in [5.74, 6) is 2.17. The molecule has 0 bridgehead atoms. The number of pyridine rings is 1. The van der Waals surface area contributed by atoms with Crippen LogP contribution in [0.2, 0.25) is 0 Å². The lowest BCUT2D eigenvalue weighted by Crippen LogP contribution is -2.61. The van der Waals surface area contributed by atoms with Crippen molar-refractivity contribution in [1.29, 1.82) is 0 Å². The van der Waals surface area contributed by atoms with Crippen LogP contribution in [0.1, 0.15) is 59.3 Å². The molecule has 2 amide bonds. The number of amides is 2. The molecule has 5 heteroatoms. The summed E-state index contributed by atoms with van der Waals surface area (Å²) < 4.78 is 0. The zero-order valence-electron chi connectivity index (χ0n) is 19.0. The molecule has 5 rings (SSSR count). The first-order valence-corrected chi connectivity index (χ1v) is 12.0. The third-order valence-corrected chi connectivity index (χ3v) is 9.93. The van der Waals surface area contributed by atoms with Crippen molar-refractivity contribution >= 4 is 17.5 Å². The Balaban J connectivity index is 1.47. The quantitative estimate of drug-likeness (QED) is 0.789. The van der Waals surface area contributed by atoms with Crippen LogP contribution in [0.3, 0.4) is 0 Å². The predicted molar refractivity (Wildman–Crippen MR) is 121 cm³/mol. The first-order chi connectivity index (χ1) is 14.8. The second kappa shape index (κ2) is 7.18. The molecule has 1 aromatic heterocycles. The predicted octanol–water partition coefficient (Wildman–Crippen LogP) is 4.33. The summed E-state index contributed by atoms with van der Waals surface area (Å²) in [6.45, 7) is 6.85. The molecule has 3 aliphatic carbocycles. The monoisotopic (exact) mass is 421 g/mol. The van der Waals surface area contributed by atoms with Gasteiger partial charge in [0, 0.05) is 41.5 Å². The Morgan fingerprint density at radius 3 is 2.58 bits per heavy atom. The molecule has 4 aliphatic rings. The number of carbonyl (C=O) groups is 2. The van der Waals surface area contributed by atoms with Crippen molar-refractivity contribution in [3.05, 3.63) is 36.7 Å². The van der Waals surface area contributed by atoms with Gasteiger partial charge in [-0.15, -0.1) is 0 Å². The third kappa shape index (κ3) is 2.91. The van der Waals surface area contributed by atoms with Crippen LogP contribution in [0.5, 0.6) is 0 Å². The van der Waals surface area contributed by atoms with Crippen LogP contribution in [0, 0.1) is 40.4 Å². The Morgan fingerprint density at radius 2 is 1.87 bits per heavy atom. The van der Waals surface area contributed by atoms with Crippen LogP contribution in [0.4, 0.5) is 5.69 Å². The fourth-order valence-corrected chi connectivity index (χ4v) is 8.37. The van der Waals surface area contributed by atoms with E-state index in [0.717, 1.165) is 37.8 Å². The van der Waals surface area contributed by atoms with Crippen molar-refractivity contribution in [2.75, 3.05) is 4.90 Å². The number of rotatable bonds is 3. The van der Waals surface area contributed by atoms with Gasteiger partial charge in [0.15, 0.2) is 0 Å². The maximum Gasteiger partial charge on any atom is 0.250 e. The number of nitrogens with two attached hydrogens (primary N) is 1. The summed E-state index contributed by atoms with van der Waals surface area (Å²) in [5.41, 5.74) is 6.87. The third-order valence-electron chi connectivity index (χ3n) is 9.93. The normalized spacial score (nSPS) is 42.5. The van der Waals surface area contributed by atoms with Gasteiger partial charge in [-0.1, -0.05) is 26.8 Å². The molecule has 2 N–H and O–H groups in total. The summed E-state index contributed by atoms with van der Waals surface area (Å²) in [6, 6.07) is 4.10. The second-order valence-corrected chi connectivity index (χ2v) is 11.0. The summed E-state index contributed by atoms with van der Waals surface area (Å²) in [5, 5.41) is 0. The highest BCUT2D eigenvalue weighted by molar-refractivity contribution is 6.03. The average Bonchev–Trinajstić information content (AvgIpc) is 3.11. The number of carbonyl (C=O) groups excluding carboxylic acids is 2. The van der Waals surface area contributed by atoms with Gasteiger partial charge in [-0.3, -0.25) is 14.6 Å². The van der Waals surface area contributed by atoms with Crippen molar-refractivity contribution < 1.29 is 9.59 Å².